The Bertz CT molecular complexity index is 941. The summed E-state index contributed by atoms with van der Waals surface area (Å²) in [5.41, 5.74) is 1.28. The zero-order chi connectivity index (χ0) is 18.5. The van der Waals surface area contributed by atoms with Gasteiger partial charge in [0.2, 0.25) is 0 Å². The summed E-state index contributed by atoms with van der Waals surface area (Å²) in [6.07, 6.45) is 0. The van der Waals surface area contributed by atoms with E-state index in [-0.39, 0.29) is 17.3 Å². The van der Waals surface area contributed by atoms with Gasteiger partial charge in [-0.15, -0.1) is 5.10 Å². The summed E-state index contributed by atoms with van der Waals surface area (Å²) in [5.74, 6) is 0.0568. The second kappa shape index (κ2) is 8.52. The van der Waals surface area contributed by atoms with Crippen molar-refractivity contribution in [3.63, 3.8) is 0 Å². The second-order valence-corrected chi connectivity index (χ2v) is 7.84. The minimum atomic E-state index is -2.89. The smallest absolute Gasteiger partial charge is 0.387 e. The number of alkyl halides is 2. The summed E-state index contributed by atoms with van der Waals surface area (Å²) in [5, 5.41) is 4.43. The molecule has 3 aromatic rings. The van der Waals surface area contributed by atoms with E-state index in [1.54, 1.807) is 4.68 Å². The van der Waals surface area contributed by atoms with Gasteiger partial charge in [0.05, 0.1) is 11.4 Å². The molecule has 0 N–H and O–H groups in total. The van der Waals surface area contributed by atoms with Crippen LogP contribution in [-0.4, -0.2) is 27.9 Å². The Morgan fingerprint density at radius 2 is 1.88 bits per heavy atom. The van der Waals surface area contributed by atoms with Gasteiger partial charge in [-0.1, -0.05) is 41.3 Å². The van der Waals surface area contributed by atoms with Gasteiger partial charge >= 0.3 is 6.61 Å². The Morgan fingerprint density at radius 1 is 1.19 bits per heavy atom. The minimum Gasteiger partial charge on any atom is -0.435 e. The monoisotopic (exact) mass is 410 g/mol. The molecule has 0 saturated heterocycles. The lowest BCUT2D eigenvalue weighted by Crippen LogP contribution is -2.04. The van der Waals surface area contributed by atoms with Gasteiger partial charge in [0.1, 0.15) is 5.75 Å². The average molecular weight is 410 g/mol. The molecule has 1 heterocycles. The number of rotatable bonds is 7. The zero-order valence-electron chi connectivity index (χ0n) is 13.2. The molecule has 0 amide bonds. The average Bonchev–Trinajstić information content (AvgIpc) is 3.01. The number of ketones is 1. The molecule has 0 aliphatic carbocycles. The Hall–Kier alpha value is -2.10. The summed E-state index contributed by atoms with van der Waals surface area (Å²) in [6.45, 7) is -2.89. The fourth-order valence-electron chi connectivity index (χ4n) is 2.08. The fourth-order valence-corrected chi connectivity index (χ4v) is 4.34. The van der Waals surface area contributed by atoms with Crippen LogP contribution in [0.5, 0.6) is 5.75 Å². The first kappa shape index (κ1) is 18.7. The van der Waals surface area contributed by atoms with Crippen LogP contribution >= 0.6 is 35.3 Å². The molecule has 0 aliphatic heterocycles. The Kier molecular flexibility index (Phi) is 6.12. The third-order valence-electron chi connectivity index (χ3n) is 3.26. The van der Waals surface area contributed by atoms with Crippen molar-refractivity contribution in [1.29, 1.82) is 0 Å². The lowest BCUT2D eigenvalue weighted by Gasteiger charge is -2.05. The summed E-state index contributed by atoms with van der Waals surface area (Å²) in [4.78, 5) is 12.2. The van der Waals surface area contributed by atoms with E-state index in [0.29, 0.717) is 13.9 Å². The van der Waals surface area contributed by atoms with Crippen LogP contribution in [0.2, 0.25) is 0 Å². The summed E-state index contributed by atoms with van der Waals surface area (Å²) in [6, 6.07) is 15.1. The molecule has 2 aromatic carbocycles. The first-order valence-electron chi connectivity index (χ1n) is 7.39. The number of ether oxygens (including phenoxy) is 1. The molecule has 0 spiro atoms. The van der Waals surface area contributed by atoms with Crippen LogP contribution in [0, 0.1) is 3.95 Å². The number of aromatic nitrogens is 2. The summed E-state index contributed by atoms with van der Waals surface area (Å²) >= 11 is 7.94. The molecule has 0 fully saturated rings. The van der Waals surface area contributed by atoms with Gasteiger partial charge in [-0.2, -0.15) is 8.78 Å². The van der Waals surface area contributed by atoms with Crippen molar-refractivity contribution in [2.45, 2.75) is 11.0 Å². The highest BCUT2D eigenvalue weighted by Gasteiger charge is 2.12. The third kappa shape index (κ3) is 4.75. The zero-order valence-corrected chi connectivity index (χ0v) is 15.6. The highest BCUT2D eigenvalue weighted by atomic mass is 32.2. The highest BCUT2D eigenvalue weighted by Crippen LogP contribution is 2.25. The standard InChI is InChI=1S/C17H12F2N2O2S3/c18-15(19)23-13-8-6-11(7-9-13)14(22)10-25-16-20-21(17(24)26-16)12-4-2-1-3-5-12/h1-9,15H,10H2. The van der Waals surface area contributed by atoms with Crippen LogP contribution in [0.25, 0.3) is 5.69 Å². The van der Waals surface area contributed by atoms with E-state index in [0.717, 1.165) is 5.69 Å². The number of Topliss-reactive ketones (excluding diaryl/α,β-unsaturated/α-hetero) is 1. The maximum Gasteiger partial charge on any atom is 0.387 e. The van der Waals surface area contributed by atoms with E-state index in [9.17, 15) is 13.6 Å². The number of nitrogens with zero attached hydrogens (tertiary/aromatic N) is 2. The molecular formula is C17H12F2N2O2S3. The molecule has 0 atom stereocenters. The van der Waals surface area contributed by atoms with Crippen molar-refractivity contribution in [2.75, 3.05) is 5.75 Å². The van der Waals surface area contributed by atoms with Gasteiger partial charge in [-0.05, 0) is 48.6 Å². The molecular weight excluding hydrogens is 398 g/mol. The molecule has 0 aliphatic rings. The lowest BCUT2D eigenvalue weighted by molar-refractivity contribution is -0.0498. The predicted molar refractivity (Wildman–Crippen MR) is 100 cm³/mol. The van der Waals surface area contributed by atoms with Crippen molar-refractivity contribution in [3.05, 3.63) is 64.1 Å². The minimum absolute atomic E-state index is 0.0174. The van der Waals surface area contributed by atoms with Gasteiger partial charge in [-0.3, -0.25) is 4.79 Å². The molecule has 134 valence electrons. The van der Waals surface area contributed by atoms with E-state index in [1.807, 2.05) is 30.3 Å². The number of carbonyl (C=O) groups is 1. The molecule has 0 unspecified atom stereocenters. The third-order valence-corrected chi connectivity index (χ3v) is 5.62. The molecule has 1 aromatic heterocycles. The molecule has 4 nitrogen and oxygen atoms in total. The van der Waals surface area contributed by atoms with Crippen LogP contribution in [0.4, 0.5) is 8.78 Å². The SMILES string of the molecule is O=C(CSc1nn(-c2ccccc2)c(=S)s1)c1ccc(OC(F)F)cc1. The van der Waals surface area contributed by atoms with Crippen LogP contribution in [-0.2, 0) is 0 Å². The maximum atomic E-state index is 12.2. The molecule has 0 bridgehead atoms. The Balaban J connectivity index is 1.64. The van der Waals surface area contributed by atoms with Gasteiger partial charge in [0, 0.05) is 5.56 Å². The van der Waals surface area contributed by atoms with Crippen molar-refractivity contribution in [1.82, 2.24) is 9.78 Å². The van der Waals surface area contributed by atoms with Crippen molar-refractivity contribution < 1.29 is 18.3 Å². The van der Waals surface area contributed by atoms with Crippen molar-refractivity contribution >= 4 is 41.1 Å². The number of hydrogen-bond acceptors (Lipinski definition) is 6. The predicted octanol–water partition coefficient (Wildman–Crippen LogP) is 5.24. The first-order chi connectivity index (χ1) is 12.5. The van der Waals surface area contributed by atoms with E-state index >= 15 is 0 Å². The van der Waals surface area contributed by atoms with Gasteiger partial charge in [-0.25, -0.2) is 4.68 Å². The highest BCUT2D eigenvalue weighted by molar-refractivity contribution is 8.01. The van der Waals surface area contributed by atoms with Gasteiger partial charge in [0.25, 0.3) is 0 Å². The van der Waals surface area contributed by atoms with Crippen molar-refractivity contribution in [2.24, 2.45) is 0 Å². The Labute approximate surface area is 161 Å². The van der Waals surface area contributed by atoms with E-state index < -0.39 is 6.61 Å². The number of benzene rings is 2. The summed E-state index contributed by atoms with van der Waals surface area (Å²) < 4.78 is 31.5. The molecule has 9 heteroatoms. The quantitative estimate of drug-likeness (QED) is 0.303. The normalized spacial score (nSPS) is 10.9. The number of carbonyl (C=O) groups excluding carboxylic acids is 1. The van der Waals surface area contributed by atoms with Crippen LogP contribution in [0.3, 0.4) is 0 Å². The Morgan fingerprint density at radius 3 is 2.54 bits per heavy atom. The number of thioether (sulfide) groups is 1. The van der Waals surface area contributed by atoms with E-state index in [2.05, 4.69) is 9.84 Å². The van der Waals surface area contributed by atoms with E-state index in [4.69, 9.17) is 12.2 Å². The summed E-state index contributed by atoms with van der Waals surface area (Å²) in [7, 11) is 0. The van der Waals surface area contributed by atoms with Crippen LogP contribution in [0.1, 0.15) is 10.4 Å². The van der Waals surface area contributed by atoms with Crippen molar-refractivity contribution in [3.8, 4) is 11.4 Å². The number of halogens is 2. The number of hydrogen-bond donors (Lipinski definition) is 0. The number of para-hydroxylation sites is 1. The fraction of sp³-hybridized carbons (Fsp3) is 0.118. The second-order valence-electron chi connectivity index (χ2n) is 5.00. The molecule has 3 rings (SSSR count). The molecule has 0 saturated carbocycles. The lowest BCUT2D eigenvalue weighted by atomic mass is 10.1. The van der Waals surface area contributed by atoms with Gasteiger partial charge in [0.15, 0.2) is 14.1 Å². The largest absolute Gasteiger partial charge is 0.435 e. The van der Waals surface area contributed by atoms with Crippen LogP contribution in [0.15, 0.2) is 58.9 Å². The maximum absolute atomic E-state index is 12.2. The first-order valence-corrected chi connectivity index (χ1v) is 9.60. The molecule has 0 radical (unpaired) electrons. The van der Waals surface area contributed by atoms with Gasteiger partial charge < -0.3 is 4.74 Å². The molecule has 26 heavy (non-hydrogen) atoms. The van der Waals surface area contributed by atoms with Crippen LogP contribution < -0.4 is 4.74 Å². The topological polar surface area (TPSA) is 44.1 Å². The van der Waals surface area contributed by atoms with E-state index in [1.165, 1.54) is 47.4 Å².